The Bertz CT molecular complexity index is 815. The van der Waals surface area contributed by atoms with E-state index in [1.54, 1.807) is 30.3 Å². The van der Waals surface area contributed by atoms with Crippen molar-refractivity contribution in [1.29, 1.82) is 0 Å². The Labute approximate surface area is 138 Å². The summed E-state index contributed by atoms with van der Waals surface area (Å²) < 4.78 is 4.80. The van der Waals surface area contributed by atoms with Crippen molar-refractivity contribution in [3.05, 3.63) is 56.5 Å². The molecule has 0 saturated heterocycles. The normalized spacial score (nSPS) is 11.9. The molecule has 1 atom stereocenters. The zero-order valence-corrected chi connectivity index (χ0v) is 13.2. The number of hydrogen-bond acceptors (Lipinski definition) is 5. The van der Waals surface area contributed by atoms with Crippen molar-refractivity contribution >= 4 is 27.9 Å². The molecule has 2 aromatic rings. The molecule has 0 aliphatic carbocycles. The van der Waals surface area contributed by atoms with Gasteiger partial charge in [-0.2, -0.15) is 0 Å². The predicted molar refractivity (Wildman–Crippen MR) is 84.4 cm³/mol. The molecule has 0 fully saturated rings. The Hall–Kier alpha value is -2.45. The minimum atomic E-state index is -1.43. The zero-order valence-electron chi connectivity index (χ0n) is 11.7. The van der Waals surface area contributed by atoms with Crippen molar-refractivity contribution in [2.45, 2.75) is 12.5 Å². The summed E-state index contributed by atoms with van der Waals surface area (Å²) in [4.78, 5) is 34.3. The van der Waals surface area contributed by atoms with Crippen LogP contribution in [0.25, 0.3) is 11.1 Å². The van der Waals surface area contributed by atoms with Gasteiger partial charge in [0.1, 0.15) is 10.5 Å². The van der Waals surface area contributed by atoms with Crippen LogP contribution in [0.5, 0.6) is 0 Å². The first-order valence-corrected chi connectivity index (χ1v) is 7.24. The summed E-state index contributed by atoms with van der Waals surface area (Å²) in [6.07, 6.45) is -0.230. The lowest BCUT2D eigenvalue weighted by Gasteiger charge is -2.15. The van der Waals surface area contributed by atoms with Crippen LogP contribution in [0.4, 0.5) is 0 Å². The number of carboxylic acid groups (broad SMARTS) is 2. The van der Waals surface area contributed by atoms with Crippen LogP contribution in [-0.2, 0) is 11.2 Å². The van der Waals surface area contributed by atoms with Crippen LogP contribution in [-0.4, -0.2) is 28.2 Å². The maximum atomic E-state index is 11.8. The minimum absolute atomic E-state index is 0.0435. The number of benzene rings is 1. The molecule has 0 saturated carbocycles. The second-order valence-electron chi connectivity index (χ2n) is 4.71. The van der Waals surface area contributed by atoms with Gasteiger partial charge in [0.25, 0.3) is 0 Å². The van der Waals surface area contributed by atoms with Crippen LogP contribution >= 0.6 is 15.9 Å². The molecule has 4 N–H and O–H groups in total. The average Bonchev–Trinajstić information content (AvgIpc) is 2.51. The highest BCUT2D eigenvalue weighted by molar-refractivity contribution is 9.10. The van der Waals surface area contributed by atoms with Crippen molar-refractivity contribution in [1.82, 2.24) is 0 Å². The van der Waals surface area contributed by atoms with Crippen LogP contribution in [0.1, 0.15) is 16.1 Å². The van der Waals surface area contributed by atoms with E-state index in [1.807, 2.05) is 0 Å². The van der Waals surface area contributed by atoms with Crippen LogP contribution < -0.4 is 11.4 Å². The van der Waals surface area contributed by atoms with Gasteiger partial charge in [0, 0.05) is 12.0 Å². The molecule has 1 heterocycles. The average molecular weight is 382 g/mol. The Morgan fingerprint density at radius 2 is 1.83 bits per heavy atom. The fourth-order valence-electron chi connectivity index (χ4n) is 2.12. The largest absolute Gasteiger partial charge is 0.480 e. The van der Waals surface area contributed by atoms with E-state index in [4.69, 9.17) is 15.3 Å². The molecule has 120 valence electrons. The SMILES string of the molecule is NC(Cc1c(-c2ccccc2)c(C(=O)O)oc(=O)c1Br)C(=O)O. The van der Waals surface area contributed by atoms with Gasteiger partial charge in [0.2, 0.25) is 5.76 Å². The number of carboxylic acids is 2. The molecule has 0 radical (unpaired) electrons. The van der Waals surface area contributed by atoms with E-state index < -0.39 is 29.4 Å². The maximum absolute atomic E-state index is 11.8. The molecule has 0 spiro atoms. The number of hydrogen-bond donors (Lipinski definition) is 3. The number of aromatic carboxylic acids is 1. The van der Waals surface area contributed by atoms with Crippen molar-refractivity contribution < 1.29 is 24.2 Å². The van der Waals surface area contributed by atoms with Crippen LogP contribution in [0, 0.1) is 0 Å². The highest BCUT2D eigenvalue weighted by Crippen LogP contribution is 2.31. The summed E-state index contributed by atoms with van der Waals surface area (Å²) in [5.74, 6) is -3.25. The second-order valence-corrected chi connectivity index (χ2v) is 5.50. The van der Waals surface area contributed by atoms with Crippen LogP contribution in [0.15, 0.2) is 44.0 Å². The van der Waals surface area contributed by atoms with Gasteiger partial charge in [-0.15, -0.1) is 0 Å². The maximum Gasteiger partial charge on any atom is 0.372 e. The smallest absolute Gasteiger partial charge is 0.372 e. The van der Waals surface area contributed by atoms with Crippen molar-refractivity contribution in [2.75, 3.05) is 0 Å². The molecule has 7 nitrogen and oxygen atoms in total. The summed E-state index contributed by atoms with van der Waals surface area (Å²) in [5.41, 5.74) is 5.41. The van der Waals surface area contributed by atoms with Gasteiger partial charge in [-0.05, 0) is 27.1 Å². The van der Waals surface area contributed by atoms with Crippen LogP contribution in [0.3, 0.4) is 0 Å². The Morgan fingerprint density at radius 3 is 2.35 bits per heavy atom. The predicted octanol–water partition coefficient (Wildman–Crippen LogP) is 1.72. The number of nitrogens with two attached hydrogens (primary N) is 1. The Kier molecular flexibility index (Phi) is 4.97. The van der Waals surface area contributed by atoms with E-state index in [2.05, 4.69) is 15.9 Å². The summed E-state index contributed by atoms with van der Waals surface area (Å²) in [7, 11) is 0. The molecule has 0 aliphatic heterocycles. The first-order chi connectivity index (χ1) is 10.8. The van der Waals surface area contributed by atoms with Gasteiger partial charge in [0.05, 0.1) is 0 Å². The molecule has 1 aromatic heterocycles. The molecular formula is C15H12BrNO6. The Balaban J connectivity index is 2.79. The summed E-state index contributed by atoms with van der Waals surface area (Å²) >= 11 is 3.04. The molecule has 0 aliphatic rings. The number of aliphatic carboxylic acids is 1. The quantitative estimate of drug-likeness (QED) is 0.718. The summed E-state index contributed by atoms with van der Waals surface area (Å²) in [5, 5.41) is 18.3. The monoisotopic (exact) mass is 381 g/mol. The second kappa shape index (κ2) is 6.76. The lowest BCUT2D eigenvalue weighted by molar-refractivity contribution is -0.138. The van der Waals surface area contributed by atoms with Gasteiger partial charge in [0.15, 0.2) is 0 Å². The fraction of sp³-hybridized carbons (Fsp3) is 0.133. The molecule has 23 heavy (non-hydrogen) atoms. The van der Waals surface area contributed by atoms with Gasteiger partial charge in [-0.1, -0.05) is 30.3 Å². The van der Waals surface area contributed by atoms with E-state index in [0.717, 1.165) is 0 Å². The van der Waals surface area contributed by atoms with Gasteiger partial charge in [-0.25, -0.2) is 9.59 Å². The van der Waals surface area contributed by atoms with E-state index in [0.29, 0.717) is 5.56 Å². The van der Waals surface area contributed by atoms with Crippen molar-refractivity contribution in [2.24, 2.45) is 5.73 Å². The van der Waals surface area contributed by atoms with Crippen molar-refractivity contribution in [3.8, 4) is 11.1 Å². The van der Waals surface area contributed by atoms with Gasteiger partial charge < -0.3 is 20.4 Å². The third kappa shape index (κ3) is 3.49. The van der Waals surface area contributed by atoms with E-state index in [-0.39, 0.29) is 22.0 Å². The molecule has 1 unspecified atom stereocenters. The third-order valence-corrected chi connectivity index (χ3v) is 3.97. The number of carbonyl (C=O) groups is 2. The van der Waals surface area contributed by atoms with E-state index >= 15 is 0 Å². The van der Waals surface area contributed by atoms with Gasteiger partial charge in [-0.3, -0.25) is 4.79 Å². The first kappa shape index (κ1) is 16.9. The highest BCUT2D eigenvalue weighted by Gasteiger charge is 2.26. The number of halogens is 1. The summed E-state index contributed by atoms with van der Waals surface area (Å²) in [6, 6.07) is 7.06. The van der Waals surface area contributed by atoms with Crippen LogP contribution in [0.2, 0.25) is 0 Å². The molecule has 0 amide bonds. The minimum Gasteiger partial charge on any atom is -0.480 e. The lowest BCUT2D eigenvalue weighted by atomic mass is 9.95. The van der Waals surface area contributed by atoms with Crippen molar-refractivity contribution in [3.63, 3.8) is 0 Å². The molecule has 8 heteroatoms. The fourth-order valence-corrected chi connectivity index (χ4v) is 2.56. The number of rotatable bonds is 5. The molecule has 0 bridgehead atoms. The lowest BCUT2D eigenvalue weighted by Crippen LogP contribution is -2.33. The Morgan fingerprint density at radius 1 is 1.22 bits per heavy atom. The first-order valence-electron chi connectivity index (χ1n) is 6.45. The molecule has 1 aromatic carbocycles. The standard InChI is InChI=1S/C15H12BrNO6/c16-11-8(6-9(17)13(18)19)10(7-4-2-1-3-5-7)12(14(20)21)23-15(11)22/h1-5,9H,6,17H2,(H,18,19)(H,20,21). The highest BCUT2D eigenvalue weighted by atomic mass is 79.9. The molecular weight excluding hydrogens is 370 g/mol. The summed E-state index contributed by atoms with van der Waals surface area (Å²) in [6.45, 7) is 0. The zero-order chi connectivity index (χ0) is 17.1. The van der Waals surface area contributed by atoms with E-state index in [9.17, 15) is 19.5 Å². The topological polar surface area (TPSA) is 131 Å². The van der Waals surface area contributed by atoms with E-state index in [1.165, 1.54) is 0 Å². The molecule has 2 rings (SSSR count). The third-order valence-electron chi connectivity index (χ3n) is 3.17. The van der Waals surface area contributed by atoms with Gasteiger partial charge >= 0.3 is 17.6 Å².